The molecule has 0 fully saturated rings. The van der Waals surface area contributed by atoms with Crippen molar-refractivity contribution in [2.75, 3.05) is 17.7 Å². The van der Waals surface area contributed by atoms with E-state index in [9.17, 15) is 4.79 Å². The minimum absolute atomic E-state index is 0.275. The third-order valence-corrected chi connectivity index (χ3v) is 4.43. The quantitative estimate of drug-likeness (QED) is 0.581. The van der Waals surface area contributed by atoms with Gasteiger partial charge in [0.1, 0.15) is 18.0 Å². The number of carbonyl (C=O) groups excluding carboxylic acids is 1. The Balaban J connectivity index is 1.88. The number of nitrogens with zero attached hydrogens (tertiary/aromatic N) is 5. The van der Waals surface area contributed by atoms with Crippen LogP contribution in [0.2, 0.25) is 0 Å². The average Bonchev–Trinajstić information content (AvgIpc) is 3.13. The molecule has 2 aromatic heterocycles. The van der Waals surface area contributed by atoms with Crippen molar-refractivity contribution in [3.8, 4) is 5.40 Å². The van der Waals surface area contributed by atoms with E-state index < -0.39 is 6.23 Å². The van der Waals surface area contributed by atoms with E-state index in [0.29, 0.717) is 40.8 Å². The second kappa shape index (κ2) is 9.30. The van der Waals surface area contributed by atoms with Gasteiger partial charge in [-0.25, -0.2) is 15.0 Å². The van der Waals surface area contributed by atoms with Crippen molar-refractivity contribution in [2.45, 2.75) is 20.1 Å². The number of ether oxygens (including phenoxy) is 1. The number of aromatic nitrogens is 4. The van der Waals surface area contributed by atoms with Gasteiger partial charge in [0.2, 0.25) is 0 Å². The summed E-state index contributed by atoms with van der Waals surface area (Å²) in [6.45, 7) is 4.65. The van der Waals surface area contributed by atoms with Gasteiger partial charge in [0.05, 0.1) is 18.7 Å². The largest absolute Gasteiger partial charge is 0.357 e. The molecule has 1 unspecified atom stereocenters. The molecule has 1 atom stereocenters. The Morgan fingerprint density at radius 2 is 2.07 bits per heavy atom. The minimum atomic E-state index is -0.398. The Kier molecular flexibility index (Phi) is 6.57. The number of nitriles is 1. The lowest BCUT2D eigenvalue weighted by Crippen LogP contribution is -2.18. The molecule has 1 N–H and O–H groups in total. The lowest BCUT2D eigenvalue weighted by molar-refractivity contribution is 0.00697. The van der Waals surface area contributed by atoms with E-state index in [1.807, 2.05) is 6.07 Å². The van der Waals surface area contributed by atoms with E-state index in [4.69, 9.17) is 10.00 Å². The maximum atomic E-state index is 12.4. The highest BCUT2D eigenvalue weighted by Gasteiger charge is 2.19. The van der Waals surface area contributed by atoms with Crippen LogP contribution in [0.1, 0.15) is 30.4 Å². The number of anilines is 1. The van der Waals surface area contributed by atoms with Crippen LogP contribution in [0.25, 0.3) is 11.2 Å². The van der Waals surface area contributed by atoms with Gasteiger partial charge < -0.3 is 10.1 Å². The molecule has 0 aliphatic heterocycles. The van der Waals surface area contributed by atoms with E-state index in [2.05, 4.69) is 39.5 Å². The fourth-order valence-electron chi connectivity index (χ4n) is 2.54. The number of thioether (sulfide) groups is 1. The number of amides is 1. The van der Waals surface area contributed by atoms with Gasteiger partial charge in [-0.05, 0) is 29.8 Å². The Morgan fingerprint density at radius 3 is 2.79 bits per heavy atom. The number of hydrogen-bond donors (Lipinski definition) is 1. The molecule has 28 heavy (non-hydrogen) atoms. The summed E-state index contributed by atoms with van der Waals surface area (Å²) in [5.74, 6) is 0.834. The summed E-state index contributed by atoms with van der Waals surface area (Å²) in [5.41, 5.74) is 1.52. The van der Waals surface area contributed by atoms with Crippen LogP contribution in [0.15, 0.2) is 43.0 Å². The number of fused-ring (bicyclic) bond motifs is 1. The van der Waals surface area contributed by atoms with Gasteiger partial charge >= 0.3 is 0 Å². The predicted octanol–water partition coefficient (Wildman–Crippen LogP) is 3.46. The van der Waals surface area contributed by atoms with E-state index in [0.717, 1.165) is 11.8 Å². The standard InChI is InChI=1S/C19H20N6O2S/c1-13(2)8-27-15(9-28-10-20)25-12-23-16-17(21-11-22-18(16)25)24-19(26)14-6-4-3-5-7-14/h3-7,11-13,15H,8-9H2,1-2H3,(H,21,22,24,26). The second-order valence-corrected chi connectivity index (χ2v) is 7.26. The van der Waals surface area contributed by atoms with Crippen LogP contribution in [0.3, 0.4) is 0 Å². The fourth-order valence-corrected chi connectivity index (χ4v) is 3.02. The number of rotatable bonds is 8. The number of benzene rings is 1. The average molecular weight is 396 g/mol. The number of hydrogen-bond acceptors (Lipinski definition) is 7. The topological polar surface area (TPSA) is 106 Å². The summed E-state index contributed by atoms with van der Waals surface area (Å²) >= 11 is 1.11. The molecule has 3 rings (SSSR count). The molecule has 0 bridgehead atoms. The fraction of sp³-hybridized carbons (Fsp3) is 0.316. The molecule has 9 heteroatoms. The van der Waals surface area contributed by atoms with Gasteiger partial charge in [0, 0.05) is 5.56 Å². The molecule has 3 aromatic rings. The summed E-state index contributed by atoms with van der Waals surface area (Å²) in [6.07, 6.45) is 2.57. The molecule has 0 aliphatic rings. The van der Waals surface area contributed by atoms with Crippen molar-refractivity contribution in [2.24, 2.45) is 5.92 Å². The molecular weight excluding hydrogens is 376 g/mol. The van der Waals surface area contributed by atoms with E-state index in [-0.39, 0.29) is 5.91 Å². The zero-order valence-electron chi connectivity index (χ0n) is 15.6. The first kappa shape index (κ1) is 19.8. The number of thiocyanates is 1. The van der Waals surface area contributed by atoms with E-state index in [1.165, 1.54) is 6.33 Å². The molecule has 1 amide bonds. The van der Waals surface area contributed by atoms with E-state index >= 15 is 0 Å². The third kappa shape index (κ3) is 4.65. The number of nitrogens with one attached hydrogen (secondary N) is 1. The summed E-state index contributed by atoms with van der Waals surface area (Å²) in [7, 11) is 0. The minimum Gasteiger partial charge on any atom is -0.357 e. The van der Waals surface area contributed by atoms with Gasteiger partial charge in [0.25, 0.3) is 5.91 Å². The highest BCUT2D eigenvalue weighted by Crippen LogP contribution is 2.24. The van der Waals surface area contributed by atoms with Crippen LogP contribution in [-0.4, -0.2) is 37.8 Å². The van der Waals surface area contributed by atoms with Gasteiger partial charge in [-0.1, -0.05) is 32.0 Å². The van der Waals surface area contributed by atoms with Crippen LogP contribution in [-0.2, 0) is 4.74 Å². The van der Waals surface area contributed by atoms with Gasteiger partial charge in [-0.3, -0.25) is 9.36 Å². The normalized spacial score (nSPS) is 12.1. The van der Waals surface area contributed by atoms with Gasteiger partial charge in [-0.15, -0.1) is 0 Å². The monoisotopic (exact) mass is 396 g/mol. The summed E-state index contributed by atoms with van der Waals surface area (Å²) in [6, 6.07) is 8.88. The van der Waals surface area contributed by atoms with Crippen molar-refractivity contribution in [3.05, 3.63) is 48.5 Å². The van der Waals surface area contributed by atoms with Crippen molar-refractivity contribution < 1.29 is 9.53 Å². The highest BCUT2D eigenvalue weighted by atomic mass is 32.2. The number of imidazole rings is 1. The molecule has 0 radical (unpaired) electrons. The molecule has 144 valence electrons. The van der Waals surface area contributed by atoms with Crippen LogP contribution >= 0.6 is 11.8 Å². The molecular formula is C19H20N6O2S. The lowest BCUT2D eigenvalue weighted by atomic mass is 10.2. The summed E-state index contributed by atoms with van der Waals surface area (Å²) < 4.78 is 7.72. The molecule has 8 nitrogen and oxygen atoms in total. The SMILES string of the molecule is CC(C)COC(CSC#N)n1cnc2c(NC(=O)c3ccccc3)ncnc21. The molecule has 1 aromatic carbocycles. The highest BCUT2D eigenvalue weighted by molar-refractivity contribution is 8.03. The maximum Gasteiger partial charge on any atom is 0.256 e. The van der Waals surface area contributed by atoms with Crippen molar-refractivity contribution in [3.63, 3.8) is 0 Å². The number of carbonyl (C=O) groups is 1. The Labute approximate surface area is 167 Å². The summed E-state index contributed by atoms with van der Waals surface area (Å²) in [5, 5.41) is 13.8. The van der Waals surface area contributed by atoms with Crippen LogP contribution in [0, 0.1) is 16.6 Å². The van der Waals surface area contributed by atoms with Crippen LogP contribution < -0.4 is 5.32 Å². The van der Waals surface area contributed by atoms with Gasteiger partial charge in [-0.2, -0.15) is 5.26 Å². The van der Waals surface area contributed by atoms with Crippen molar-refractivity contribution >= 4 is 34.7 Å². The molecule has 0 aliphatic carbocycles. The zero-order chi connectivity index (χ0) is 19.9. The molecule has 0 saturated heterocycles. The van der Waals surface area contributed by atoms with E-state index in [1.54, 1.807) is 35.2 Å². The van der Waals surface area contributed by atoms with Crippen molar-refractivity contribution in [1.82, 2.24) is 19.5 Å². The van der Waals surface area contributed by atoms with Gasteiger partial charge in [0.15, 0.2) is 17.0 Å². The van der Waals surface area contributed by atoms with Crippen LogP contribution in [0.4, 0.5) is 5.82 Å². The Morgan fingerprint density at radius 1 is 1.29 bits per heavy atom. The molecule has 0 spiro atoms. The Bertz CT molecular complexity index is 983. The van der Waals surface area contributed by atoms with Crippen molar-refractivity contribution in [1.29, 1.82) is 5.26 Å². The predicted molar refractivity (Wildman–Crippen MR) is 108 cm³/mol. The first-order valence-corrected chi connectivity index (χ1v) is 9.75. The first-order chi connectivity index (χ1) is 13.6. The second-order valence-electron chi connectivity index (χ2n) is 6.45. The molecule has 0 saturated carbocycles. The first-order valence-electron chi connectivity index (χ1n) is 8.76. The third-order valence-electron chi connectivity index (χ3n) is 3.85. The lowest BCUT2D eigenvalue weighted by Gasteiger charge is -2.19. The molecule has 2 heterocycles. The smallest absolute Gasteiger partial charge is 0.256 e. The van der Waals surface area contributed by atoms with Crippen LogP contribution in [0.5, 0.6) is 0 Å². The zero-order valence-corrected chi connectivity index (χ0v) is 16.4. The summed E-state index contributed by atoms with van der Waals surface area (Å²) in [4.78, 5) is 25.3. The maximum absolute atomic E-state index is 12.4. The Hall–Kier alpha value is -2.96.